The van der Waals surface area contributed by atoms with Crippen LogP contribution in [0, 0.1) is 17.2 Å². The van der Waals surface area contributed by atoms with Crippen LogP contribution < -0.4 is 10.4 Å². The van der Waals surface area contributed by atoms with Gasteiger partial charge in [-0.15, -0.1) is 0 Å². The van der Waals surface area contributed by atoms with Crippen molar-refractivity contribution in [2.24, 2.45) is 5.92 Å². The zero-order chi connectivity index (χ0) is 22.1. The Labute approximate surface area is 187 Å². The average molecular weight is 476 g/mol. The molecule has 0 unspecified atom stereocenters. The van der Waals surface area contributed by atoms with Crippen molar-refractivity contribution in [1.82, 2.24) is 15.4 Å². The van der Waals surface area contributed by atoms with E-state index in [2.05, 4.69) is 31.3 Å². The Morgan fingerprint density at radius 3 is 2.58 bits per heavy atom. The first-order valence-electron chi connectivity index (χ1n) is 9.69. The molecule has 0 radical (unpaired) electrons. The van der Waals surface area contributed by atoms with Gasteiger partial charge in [0.15, 0.2) is 11.6 Å². The summed E-state index contributed by atoms with van der Waals surface area (Å²) in [6.45, 7) is 4.44. The standard InChI is InChI=1S/C23H18BrN5O2/c1-13(2)12-29(22-18(24)11-26-19(10-25)27-22)28-23(31)17-9-5-8-15-14-6-3-4-7-16(14)21(30)20(15)17/h3-9,11,13H,12H2,1-2H3,(H,28,31). The van der Waals surface area contributed by atoms with Crippen molar-refractivity contribution in [3.05, 3.63) is 75.6 Å². The van der Waals surface area contributed by atoms with Crippen molar-refractivity contribution in [2.75, 3.05) is 11.6 Å². The predicted octanol–water partition coefficient (Wildman–Crippen LogP) is 4.13. The number of nitrogens with one attached hydrogen (secondary N) is 1. The fourth-order valence-electron chi connectivity index (χ4n) is 3.60. The molecule has 31 heavy (non-hydrogen) atoms. The molecule has 0 bridgehead atoms. The average Bonchev–Trinajstić information content (AvgIpc) is 3.06. The summed E-state index contributed by atoms with van der Waals surface area (Å²) < 4.78 is 0.536. The van der Waals surface area contributed by atoms with Crippen molar-refractivity contribution in [1.29, 1.82) is 5.26 Å². The van der Waals surface area contributed by atoms with Crippen LogP contribution in [0.2, 0.25) is 0 Å². The van der Waals surface area contributed by atoms with Gasteiger partial charge in [-0.1, -0.05) is 50.2 Å². The number of carbonyl (C=O) groups is 2. The third-order valence-electron chi connectivity index (χ3n) is 4.86. The van der Waals surface area contributed by atoms with Gasteiger partial charge in [0, 0.05) is 23.9 Å². The maximum Gasteiger partial charge on any atom is 0.270 e. The predicted molar refractivity (Wildman–Crippen MR) is 119 cm³/mol. The normalized spacial score (nSPS) is 11.6. The second kappa shape index (κ2) is 8.28. The number of halogens is 1. The third-order valence-corrected chi connectivity index (χ3v) is 5.42. The Bertz CT molecular complexity index is 1250. The number of aromatic nitrogens is 2. The Hall–Kier alpha value is -3.57. The Kier molecular flexibility index (Phi) is 5.53. The number of ketones is 1. The van der Waals surface area contributed by atoms with Gasteiger partial charge in [-0.25, -0.2) is 4.98 Å². The van der Waals surface area contributed by atoms with E-state index in [-0.39, 0.29) is 23.1 Å². The van der Waals surface area contributed by atoms with Crippen molar-refractivity contribution in [3.63, 3.8) is 0 Å². The molecule has 0 fully saturated rings. The lowest BCUT2D eigenvalue weighted by atomic mass is 10.0. The first-order valence-corrected chi connectivity index (χ1v) is 10.5. The van der Waals surface area contributed by atoms with Crippen LogP contribution in [0.3, 0.4) is 0 Å². The van der Waals surface area contributed by atoms with Gasteiger partial charge in [-0.2, -0.15) is 10.2 Å². The molecule has 1 aliphatic rings. The molecular weight excluding hydrogens is 458 g/mol. The van der Waals surface area contributed by atoms with Crippen molar-refractivity contribution in [3.8, 4) is 17.2 Å². The summed E-state index contributed by atoms with van der Waals surface area (Å²) in [4.78, 5) is 34.5. The van der Waals surface area contributed by atoms with Crippen LogP contribution in [-0.2, 0) is 0 Å². The number of anilines is 1. The molecule has 0 saturated heterocycles. The Morgan fingerprint density at radius 2 is 1.87 bits per heavy atom. The van der Waals surface area contributed by atoms with E-state index in [0.29, 0.717) is 28.0 Å². The molecule has 7 nitrogen and oxygen atoms in total. The van der Waals surface area contributed by atoms with Crippen molar-refractivity contribution < 1.29 is 9.59 Å². The number of benzene rings is 2. The van der Waals surface area contributed by atoms with Gasteiger partial charge in [0.25, 0.3) is 5.91 Å². The molecular formula is C23H18BrN5O2. The molecule has 8 heteroatoms. The molecule has 0 saturated carbocycles. The fraction of sp³-hybridized carbons (Fsp3) is 0.174. The monoisotopic (exact) mass is 475 g/mol. The smallest absolute Gasteiger partial charge is 0.270 e. The zero-order valence-electron chi connectivity index (χ0n) is 16.9. The van der Waals surface area contributed by atoms with Gasteiger partial charge in [-0.05, 0) is 39.0 Å². The van der Waals surface area contributed by atoms with E-state index >= 15 is 0 Å². The molecule has 1 aromatic heterocycles. The second-order valence-electron chi connectivity index (χ2n) is 7.53. The van der Waals surface area contributed by atoms with Gasteiger partial charge in [0.1, 0.15) is 6.07 Å². The number of hydrazine groups is 1. The van der Waals surface area contributed by atoms with Crippen molar-refractivity contribution >= 4 is 33.4 Å². The summed E-state index contributed by atoms with van der Waals surface area (Å²) in [5.74, 6) is -0.0484. The quantitative estimate of drug-likeness (QED) is 0.435. The number of rotatable bonds is 5. The number of amides is 1. The second-order valence-corrected chi connectivity index (χ2v) is 8.38. The van der Waals surface area contributed by atoms with E-state index in [9.17, 15) is 9.59 Å². The van der Waals surface area contributed by atoms with E-state index < -0.39 is 5.91 Å². The molecule has 0 atom stereocenters. The fourth-order valence-corrected chi connectivity index (χ4v) is 4.00. The molecule has 154 valence electrons. The highest BCUT2D eigenvalue weighted by molar-refractivity contribution is 9.10. The van der Waals surface area contributed by atoms with Crippen molar-refractivity contribution in [2.45, 2.75) is 13.8 Å². The number of fused-ring (bicyclic) bond motifs is 3. The van der Waals surface area contributed by atoms with Gasteiger partial charge < -0.3 is 0 Å². The maximum atomic E-state index is 13.3. The molecule has 2 aromatic carbocycles. The Morgan fingerprint density at radius 1 is 1.16 bits per heavy atom. The largest absolute Gasteiger partial charge is 0.289 e. The number of nitrogens with zero attached hydrogens (tertiary/aromatic N) is 4. The summed E-state index contributed by atoms with van der Waals surface area (Å²) in [5.41, 5.74) is 5.71. The summed E-state index contributed by atoms with van der Waals surface area (Å²) in [5, 5.41) is 10.7. The van der Waals surface area contributed by atoms with Crippen LogP contribution in [0.4, 0.5) is 5.82 Å². The van der Waals surface area contributed by atoms with Crippen LogP contribution in [0.5, 0.6) is 0 Å². The highest BCUT2D eigenvalue weighted by atomic mass is 79.9. The minimum absolute atomic E-state index is 0.00700. The van der Waals surface area contributed by atoms with E-state index in [1.165, 1.54) is 6.20 Å². The lowest BCUT2D eigenvalue weighted by Crippen LogP contribution is -2.45. The molecule has 4 rings (SSSR count). The van der Waals surface area contributed by atoms with Gasteiger partial charge in [0.05, 0.1) is 10.0 Å². The number of carbonyl (C=O) groups excluding carboxylic acids is 2. The first-order chi connectivity index (χ1) is 14.9. The highest BCUT2D eigenvalue weighted by Crippen LogP contribution is 2.38. The number of nitriles is 1. The van der Waals surface area contributed by atoms with E-state index in [1.807, 2.05) is 44.2 Å². The molecule has 0 aliphatic heterocycles. The lowest BCUT2D eigenvalue weighted by molar-refractivity contribution is 0.0937. The SMILES string of the molecule is CC(C)CN(NC(=O)c1cccc2c1C(=O)c1ccccc1-2)c1nc(C#N)ncc1Br. The van der Waals surface area contributed by atoms with Gasteiger partial charge >= 0.3 is 0 Å². The van der Waals surface area contributed by atoms with Gasteiger partial charge in [0.2, 0.25) is 5.82 Å². The topological polar surface area (TPSA) is 99.0 Å². The lowest BCUT2D eigenvalue weighted by Gasteiger charge is -2.27. The third kappa shape index (κ3) is 3.80. The number of hydrogen-bond donors (Lipinski definition) is 1. The van der Waals surface area contributed by atoms with Gasteiger partial charge in [-0.3, -0.25) is 20.0 Å². The summed E-state index contributed by atoms with van der Waals surface area (Å²) in [6, 6.07) is 14.5. The summed E-state index contributed by atoms with van der Waals surface area (Å²) in [7, 11) is 0. The molecule has 1 heterocycles. The van der Waals surface area contributed by atoms with E-state index in [1.54, 1.807) is 23.2 Å². The first kappa shape index (κ1) is 20.7. The summed E-state index contributed by atoms with van der Waals surface area (Å²) >= 11 is 3.39. The molecule has 3 aromatic rings. The number of hydrogen-bond acceptors (Lipinski definition) is 6. The van der Waals surface area contributed by atoms with Crippen LogP contribution >= 0.6 is 15.9 Å². The molecule has 1 aliphatic carbocycles. The molecule has 1 N–H and O–H groups in total. The van der Waals surface area contributed by atoms with E-state index in [4.69, 9.17) is 5.26 Å². The summed E-state index contributed by atoms with van der Waals surface area (Å²) in [6.07, 6.45) is 1.47. The zero-order valence-corrected chi connectivity index (χ0v) is 18.5. The minimum atomic E-state index is -0.428. The maximum absolute atomic E-state index is 13.3. The molecule has 1 amide bonds. The highest BCUT2D eigenvalue weighted by Gasteiger charge is 2.31. The Balaban J connectivity index is 1.72. The van der Waals surface area contributed by atoms with Crippen LogP contribution in [0.1, 0.15) is 46.0 Å². The van der Waals surface area contributed by atoms with Crippen LogP contribution in [0.25, 0.3) is 11.1 Å². The van der Waals surface area contributed by atoms with Crippen LogP contribution in [-0.4, -0.2) is 28.2 Å². The minimum Gasteiger partial charge on any atom is -0.289 e. The van der Waals surface area contributed by atoms with Crippen LogP contribution in [0.15, 0.2) is 53.1 Å². The van der Waals surface area contributed by atoms with E-state index in [0.717, 1.165) is 11.1 Å². The molecule has 0 spiro atoms.